The number of nitrogens with zero attached hydrogens (tertiary/aromatic N) is 3. The molecule has 0 amide bonds. The fourth-order valence-electron chi connectivity index (χ4n) is 4.49. The van der Waals surface area contributed by atoms with Crippen LogP contribution in [0.3, 0.4) is 0 Å². The fourth-order valence-corrected chi connectivity index (χ4v) is 5.12. The number of benzene rings is 2. The molecule has 1 atom stereocenters. The Hall–Kier alpha value is -2.73. The highest BCUT2D eigenvalue weighted by Gasteiger charge is 2.27. The van der Waals surface area contributed by atoms with Gasteiger partial charge in [0.1, 0.15) is 11.6 Å². The molecule has 1 aliphatic heterocycles. The van der Waals surface area contributed by atoms with Crippen molar-refractivity contribution in [3.05, 3.63) is 70.3 Å². The van der Waals surface area contributed by atoms with E-state index in [4.69, 9.17) is 9.72 Å². The Morgan fingerprint density at radius 1 is 1.16 bits per heavy atom. The van der Waals surface area contributed by atoms with Gasteiger partial charge in [-0.15, -0.1) is 0 Å². The number of ether oxygens (including phenoxy) is 1. The average molecular weight is 495 g/mol. The minimum absolute atomic E-state index is 0.334. The Morgan fingerprint density at radius 2 is 1.94 bits per heavy atom. The van der Waals surface area contributed by atoms with Crippen LogP contribution in [0.2, 0.25) is 0 Å². The standard InChI is InChI=1S/C26H31BrN4O/c1-5-30(6-2)23-12-11-20(16-22(23)27)29-26-21-15-18(3)31(17-19(21)13-14-28-26)24-9-7-8-10-25(24)32-4/h7-14,16,18H,5-6,15,17H2,1-4H3,(H,28,29). The summed E-state index contributed by atoms with van der Waals surface area (Å²) in [6, 6.07) is 17.1. The Labute approximate surface area is 199 Å². The molecule has 4 rings (SSSR count). The van der Waals surface area contributed by atoms with Gasteiger partial charge in [0.2, 0.25) is 0 Å². The summed E-state index contributed by atoms with van der Waals surface area (Å²) in [6.45, 7) is 9.42. The normalized spacial score (nSPS) is 15.3. The first-order valence-corrected chi connectivity index (χ1v) is 12.0. The number of hydrogen-bond acceptors (Lipinski definition) is 5. The van der Waals surface area contributed by atoms with E-state index < -0.39 is 0 Å². The van der Waals surface area contributed by atoms with Crippen LogP contribution < -0.4 is 19.9 Å². The summed E-state index contributed by atoms with van der Waals surface area (Å²) in [4.78, 5) is 9.45. The number of para-hydroxylation sites is 2. The number of aromatic nitrogens is 1. The first kappa shape index (κ1) is 22.5. The van der Waals surface area contributed by atoms with Crippen LogP contribution in [0.15, 0.2) is 59.2 Å². The first-order valence-electron chi connectivity index (χ1n) is 11.2. The molecule has 0 saturated carbocycles. The Balaban J connectivity index is 1.60. The summed E-state index contributed by atoms with van der Waals surface area (Å²) in [5.74, 6) is 1.85. The highest BCUT2D eigenvalue weighted by Crippen LogP contribution is 2.37. The SMILES string of the molecule is CCN(CC)c1ccc(Nc2nccc3c2CC(C)N(c2ccccc2OC)C3)cc1Br. The van der Waals surface area contributed by atoms with E-state index in [2.05, 4.69) is 88.2 Å². The smallest absolute Gasteiger partial charge is 0.142 e. The van der Waals surface area contributed by atoms with Gasteiger partial charge in [-0.1, -0.05) is 12.1 Å². The third kappa shape index (κ3) is 4.42. The molecule has 0 spiro atoms. The quantitative estimate of drug-likeness (QED) is 0.411. The molecular formula is C26H31BrN4O. The summed E-state index contributed by atoms with van der Waals surface area (Å²) < 4.78 is 6.71. The van der Waals surface area contributed by atoms with Gasteiger partial charge in [-0.05, 0) is 85.1 Å². The van der Waals surface area contributed by atoms with Gasteiger partial charge in [-0.25, -0.2) is 4.98 Å². The number of pyridine rings is 1. The lowest BCUT2D eigenvalue weighted by Gasteiger charge is -2.38. The van der Waals surface area contributed by atoms with E-state index in [1.807, 2.05) is 18.3 Å². The molecule has 2 aromatic carbocycles. The maximum Gasteiger partial charge on any atom is 0.142 e. The van der Waals surface area contributed by atoms with E-state index in [1.165, 1.54) is 16.8 Å². The van der Waals surface area contributed by atoms with E-state index in [-0.39, 0.29) is 0 Å². The molecule has 1 aromatic heterocycles. The Kier molecular flexibility index (Phi) is 6.89. The van der Waals surface area contributed by atoms with Crippen molar-refractivity contribution >= 4 is 38.8 Å². The van der Waals surface area contributed by atoms with Gasteiger partial charge in [0, 0.05) is 47.6 Å². The second-order valence-corrected chi connectivity index (χ2v) is 8.97. The van der Waals surface area contributed by atoms with Gasteiger partial charge in [0.05, 0.1) is 18.5 Å². The molecule has 1 aliphatic rings. The minimum Gasteiger partial charge on any atom is -0.495 e. The molecule has 32 heavy (non-hydrogen) atoms. The zero-order chi connectivity index (χ0) is 22.7. The van der Waals surface area contributed by atoms with Crippen molar-refractivity contribution in [2.75, 3.05) is 35.3 Å². The third-order valence-electron chi connectivity index (χ3n) is 6.23. The van der Waals surface area contributed by atoms with E-state index in [9.17, 15) is 0 Å². The number of fused-ring (bicyclic) bond motifs is 1. The molecule has 168 valence electrons. The summed E-state index contributed by atoms with van der Waals surface area (Å²) in [6.07, 6.45) is 2.82. The lowest BCUT2D eigenvalue weighted by molar-refractivity contribution is 0.411. The van der Waals surface area contributed by atoms with Crippen molar-refractivity contribution in [3.63, 3.8) is 0 Å². The molecule has 2 heterocycles. The van der Waals surface area contributed by atoms with Gasteiger partial charge >= 0.3 is 0 Å². The number of methoxy groups -OCH3 is 1. The summed E-state index contributed by atoms with van der Waals surface area (Å²) in [7, 11) is 1.73. The third-order valence-corrected chi connectivity index (χ3v) is 6.87. The monoisotopic (exact) mass is 494 g/mol. The molecule has 3 aromatic rings. The lowest BCUT2D eigenvalue weighted by atomic mass is 9.94. The van der Waals surface area contributed by atoms with Gasteiger partial charge in [-0.3, -0.25) is 0 Å². The number of nitrogens with one attached hydrogen (secondary N) is 1. The van der Waals surface area contributed by atoms with Crippen LogP contribution in [0.25, 0.3) is 0 Å². The molecule has 6 heteroatoms. The molecule has 0 radical (unpaired) electrons. The number of hydrogen-bond donors (Lipinski definition) is 1. The number of rotatable bonds is 7. The molecule has 0 fully saturated rings. The maximum atomic E-state index is 5.62. The Morgan fingerprint density at radius 3 is 2.66 bits per heavy atom. The van der Waals surface area contributed by atoms with Crippen molar-refractivity contribution in [1.82, 2.24) is 4.98 Å². The summed E-state index contributed by atoms with van der Waals surface area (Å²) in [5, 5.41) is 3.57. The number of anilines is 4. The highest BCUT2D eigenvalue weighted by molar-refractivity contribution is 9.10. The van der Waals surface area contributed by atoms with Gasteiger partial charge in [0.15, 0.2) is 0 Å². The zero-order valence-corrected chi connectivity index (χ0v) is 20.8. The highest BCUT2D eigenvalue weighted by atomic mass is 79.9. The second-order valence-electron chi connectivity index (χ2n) is 8.11. The van der Waals surface area contributed by atoms with E-state index in [1.54, 1.807) is 7.11 Å². The summed E-state index contributed by atoms with van der Waals surface area (Å²) >= 11 is 3.75. The van der Waals surface area contributed by atoms with Crippen LogP contribution in [0.1, 0.15) is 31.9 Å². The van der Waals surface area contributed by atoms with Gasteiger partial charge in [-0.2, -0.15) is 0 Å². The number of halogens is 1. The minimum atomic E-state index is 0.334. The molecule has 1 N–H and O–H groups in total. The first-order chi connectivity index (χ1) is 15.5. The van der Waals surface area contributed by atoms with Crippen LogP contribution >= 0.6 is 15.9 Å². The molecule has 0 saturated heterocycles. The summed E-state index contributed by atoms with van der Waals surface area (Å²) in [5.41, 5.74) is 5.97. The van der Waals surface area contributed by atoms with E-state index in [0.717, 1.165) is 53.5 Å². The van der Waals surface area contributed by atoms with Crippen molar-refractivity contribution in [3.8, 4) is 5.75 Å². The van der Waals surface area contributed by atoms with Crippen molar-refractivity contribution in [2.45, 2.75) is 39.8 Å². The van der Waals surface area contributed by atoms with Crippen molar-refractivity contribution < 1.29 is 4.74 Å². The largest absolute Gasteiger partial charge is 0.495 e. The van der Waals surface area contributed by atoms with E-state index in [0.29, 0.717) is 6.04 Å². The molecule has 0 aliphatic carbocycles. The van der Waals surface area contributed by atoms with E-state index >= 15 is 0 Å². The maximum absolute atomic E-state index is 5.62. The van der Waals surface area contributed by atoms with Crippen LogP contribution in [0.5, 0.6) is 5.75 Å². The van der Waals surface area contributed by atoms with Crippen LogP contribution in [-0.4, -0.2) is 31.2 Å². The predicted octanol–water partition coefficient (Wildman–Crippen LogP) is 6.39. The van der Waals surface area contributed by atoms with Crippen LogP contribution in [-0.2, 0) is 13.0 Å². The topological polar surface area (TPSA) is 40.6 Å². The Bertz CT molecular complexity index is 1080. The average Bonchev–Trinajstić information content (AvgIpc) is 2.81. The fraction of sp³-hybridized carbons (Fsp3) is 0.346. The van der Waals surface area contributed by atoms with Crippen molar-refractivity contribution in [2.24, 2.45) is 0 Å². The van der Waals surface area contributed by atoms with Crippen molar-refractivity contribution in [1.29, 1.82) is 0 Å². The van der Waals surface area contributed by atoms with Crippen LogP contribution in [0.4, 0.5) is 22.9 Å². The van der Waals surface area contributed by atoms with Gasteiger partial charge < -0.3 is 19.9 Å². The molecular weight excluding hydrogens is 464 g/mol. The van der Waals surface area contributed by atoms with Crippen LogP contribution in [0, 0.1) is 0 Å². The van der Waals surface area contributed by atoms with Gasteiger partial charge in [0.25, 0.3) is 0 Å². The lowest BCUT2D eigenvalue weighted by Crippen LogP contribution is -2.39. The molecule has 5 nitrogen and oxygen atoms in total. The molecule has 1 unspecified atom stereocenters. The second kappa shape index (κ2) is 9.82. The molecule has 0 bridgehead atoms. The predicted molar refractivity (Wildman–Crippen MR) is 138 cm³/mol. The zero-order valence-electron chi connectivity index (χ0n) is 19.2.